The van der Waals surface area contributed by atoms with Gasteiger partial charge in [-0.2, -0.15) is 5.10 Å². The molecule has 4 rings (SSSR count). The number of hydrogen-bond donors (Lipinski definition) is 1. The summed E-state index contributed by atoms with van der Waals surface area (Å²) in [6, 6.07) is 12.9. The van der Waals surface area contributed by atoms with Gasteiger partial charge in [0.1, 0.15) is 29.3 Å². The van der Waals surface area contributed by atoms with Crippen LogP contribution in [0.2, 0.25) is 10.0 Å². The van der Waals surface area contributed by atoms with Crippen molar-refractivity contribution in [2.75, 3.05) is 20.3 Å². The molecule has 0 saturated heterocycles. The van der Waals surface area contributed by atoms with Gasteiger partial charge >= 0.3 is 0 Å². The second-order valence-electron chi connectivity index (χ2n) is 7.90. The van der Waals surface area contributed by atoms with E-state index in [0.29, 0.717) is 57.9 Å². The summed E-state index contributed by atoms with van der Waals surface area (Å²) >= 11 is 12.9. The number of rotatable bonds is 8. The van der Waals surface area contributed by atoms with Gasteiger partial charge in [0.05, 0.1) is 22.3 Å². The number of halogens is 2. The molecule has 7 nitrogen and oxygen atoms in total. The Balaban J connectivity index is 1.75. The fraction of sp³-hybridized carbons (Fsp3) is 0.292. The molecule has 0 atom stereocenters. The van der Waals surface area contributed by atoms with Crippen LogP contribution in [-0.2, 0) is 11.2 Å². The molecule has 0 aliphatic heterocycles. The molecule has 0 aliphatic carbocycles. The van der Waals surface area contributed by atoms with E-state index in [9.17, 15) is 4.79 Å². The van der Waals surface area contributed by atoms with Crippen LogP contribution in [0.1, 0.15) is 36.8 Å². The highest BCUT2D eigenvalue weighted by molar-refractivity contribution is 6.37. The van der Waals surface area contributed by atoms with Crippen LogP contribution in [0.5, 0.6) is 5.75 Å². The monoisotopic (exact) mass is 486 g/mol. The summed E-state index contributed by atoms with van der Waals surface area (Å²) in [6.07, 6.45) is 0.433. The number of aromatic nitrogens is 4. The van der Waals surface area contributed by atoms with Crippen molar-refractivity contribution in [1.82, 2.24) is 19.7 Å². The van der Waals surface area contributed by atoms with E-state index in [1.54, 1.807) is 30.0 Å². The van der Waals surface area contributed by atoms with Gasteiger partial charge in [-0.15, -0.1) is 0 Å². The first-order valence-electron chi connectivity index (χ1n) is 10.6. The predicted octanol–water partition coefficient (Wildman–Crippen LogP) is 5.16. The predicted molar refractivity (Wildman–Crippen MR) is 130 cm³/mol. The maximum atomic E-state index is 13.1. The fourth-order valence-corrected chi connectivity index (χ4v) is 4.13. The number of ether oxygens (including phenoxy) is 2. The molecule has 9 heteroatoms. The van der Waals surface area contributed by atoms with Crippen LogP contribution in [0, 0.1) is 0 Å². The van der Waals surface area contributed by atoms with Gasteiger partial charge in [0.15, 0.2) is 5.65 Å². The van der Waals surface area contributed by atoms with Gasteiger partial charge in [0.2, 0.25) is 0 Å². The summed E-state index contributed by atoms with van der Waals surface area (Å²) in [5.74, 6) is 1.27. The van der Waals surface area contributed by atoms with E-state index in [1.165, 1.54) is 0 Å². The number of nitrogens with one attached hydrogen (secondary N) is 1. The number of benzene rings is 2. The quantitative estimate of drug-likeness (QED) is 0.348. The highest BCUT2D eigenvalue weighted by atomic mass is 35.5. The summed E-state index contributed by atoms with van der Waals surface area (Å²) < 4.78 is 12.2. The molecular weight excluding hydrogens is 463 g/mol. The molecule has 0 bridgehead atoms. The van der Waals surface area contributed by atoms with Gasteiger partial charge in [0, 0.05) is 13.5 Å². The van der Waals surface area contributed by atoms with Crippen molar-refractivity contribution in [3.63, 3.8) is 0 Å². The lowest BCUT2D eigenvalue weighted by Gasteiger charge is -2.09. The highest BCUT2D eigenvalue weighted by Crippen LogP contribution is 2.32. The van der Waals surface area contributed by atoms with Gasteiger partial charge in [-0.25, -0.2) is 9.67 Å². The average Bonchev–Trinajstić information content (AvgIpc) is 3.15. The summed E-state index contributed by atoms with van der Waals surface area (Å²) in [7, 11) is 1.63. The number of hydrogen-bond acceptors (Lipinski definition) is 5. The van der Waals surface area contributed by atoms with Crippen LogP contribution in [-0.4, -0.2) is 40.1 Å². The molecule has 33 heavy (non-hydrogen) atoms. The molecule has 0 spiro atoms. The van der Waals surface area contributed by atoms with E-state index < -0.39 is 0 Å². The van der Waals surface area contributed by atoms with Crippen LogP contribution in [0.4, 0.5) is 0 Å². The number of para-hydroxylation sites is 1. The lowest BCUT2D eigenvalue weighted by molar-refractivity contribution is 0.146. The minimum atomic E-state index is -0.243. The van der Waals surface area contributed by atoms with Gasteiger partial charge in [-0.05, 0) is 35.7 Å². The number of methoxy groups -OCH3 is 1. The van der Waals surface area contributed by atoms with E-state index in [-0.39, 0.29) is 11.5 Å². The molecular formula is C24H24Cl2N4O3. The molecule has 0 amide bonds. The Morgan fingerprint density at radius 1 is 1.06 bits per heavy atom. The number of H-pyrrole nitrogens is 1. The van der Waals surface area contributed by atoms with Crippen molar-refractivity contribution >= 4 is 34.2 Å². The smallest absolute Gasteiger partial charge is 0.262 e. The van der Waals surface area contributed by atoms with Gasteiger partial charge in [-0.1, -0.05) is 55.2 Å². The maximum Gasteiger partial charge on any atom is 0.262 e. The summed E-state index contributed by atoms with van der Waals surface area (Å²) in [6.45, 7) is 4.95. The zero-order valence-corrected chi connectivity index (χ0v) is 20.1. The molecule has 2 heterocycles. The fourth-order valence-electron chi connectivity index (χ4n) is 3.57. The van der Waals surface area contributed by atoms with Crippen LogP contribution in [0.15, 0.2) is 47.3 Å². The summed E-state index contributed by atoms with van der Waals surface area (Å²) in [5, 5.41) is 5.96. The van der Waals surface area contributed by atoms with Crippen LogP contribution in [0.3, 0.4) is 0 Å². The Hall–Kier alpha value is -2.87. The van der Waals surface area contributed by atoms with Crippen LogP contribution in [0.25, 0.3) is 16.7 Å². The SMILES string of the molecule is COCCOc1ccc(Cc2nc3c(c(C(C)C)nn3-c3c(Cl)cccc3Cl)c(=O)[nH]2)cc1. The first-order chi connectivity index (χ1) is 15.9. The lowest BCUT2D eigenvalue weighted by Crippen LogP contribution is -2.14. The second kappa shape index (κ2) is 9.95. The van der Waals surface area contributed by atoms with Gasteiger partial charge in [0.25, 0.3) is 5.56 Å². The number of aromatic amines is 1. The van der Waals surface area contributed by atoms with Crippen molar-refractivity contribution in [1.29, 1.82) is 0 Å². The average molecular weight is 487 g/mol. The lowest BCUT2D eigenvalue weighted by atomic mass is 10.1. The minimum absolute atomic E-state index is 0.00872. The first kappa shape index (κ1) is 23.3. The Morgan fingerprint density at radius 3 is 2.39 bits per heavy atom. The Morgan fingerprint density at radius 2 is 1.76 bits per heavy atom. The Labute approximate surface area is 201 Å². The normalized spacial score (nSPS) is 11.5. The van der Waals surface area contributed by atoms with E-state index in [0.717, 1.165) is 11.3 Å². The van der Waals surface area contributed by atoms with Crippen LogP contribution >= 0.6 is 23.2 Å². The highest BCUT2D eigenvalue weighted by Gasteiger charge is 2.22. The second-order valence-corrected chi connectivity index (χ2v) is 8.71. The summed E-state index contributed by atoms with van der Waals surface area (Å²) in [5.41, 5.74) is 2.29. The third-order valence-electron chi connectivity index (χ3n) is 5.16. The Kier molecular flexibility index (Phi) is 7.02. The molecule has 0 saturated carbocycles. The molecule has 0 radical (unpaired) electrons. The molecule has 2 aromatic carbocycles. The van der Waals surface area contributed by atoms with E-state index >= 15 is 0 Å². The van der Waals surface area contributed by atoms with Crippen molar-refractivity contribution in [2.45, 2.75) is 26.2 Å². The molecule has 0 unspecified atom stereocenters. The van der Waals surface area contributed by atoms with Crippen molar-refractivity contribution in [3.05, 3.63) is 79.9 Å². The van der Waals surface area contributed by atoms with Crippen molar-refractivity contribution in [3.8, 4) is 11.4 Å². The van der Waals surface area contributed by atoms with Crippen molar-refractivity contribution < 1.29 is 9.47 Å². The zero-order valence-electron chi connectivity index (χ0n) is 18.6. The van der Waals surface area contributed by atoms with E-state index in [2.05, 4.69) is 10.1 Å². The minimum Gasteiger partial charge on any atom is -0.491 e. The standard InChI is InChI=1S/C24H24Cl2N4O3/c1-14(2)21-20-23(30(29-21)22-17(25)5-4-6-18(22)26)27-19(28-24(20)31)13-15-7-9-16(10-8-15)33-12-11-32-3/h4-10,14H,11-13H2,1-3H3,(H,27,28,31). The molecule has 2 aromatic heterocycles. The third kappa shape index (κ3) is 4.90. The van der Waals surface area contributed by atoms with Gasteiger partial charge < -0.3 is 14.5 Å². The summed E-state index contributed by atoms with van der Waals surface area (Å²) in [4.78, 5) is 20.8. The largest absolute Gasteiger partial charge is 0.491 e. The molecule has 172 valence electrons. The number of nitrogens with zero attached hydrogens (tertiary/aromatic N) is 3. The van der Waals surface area contributed by atoms with Crippen LogP contribution < -0.4 is 10.3 Å². The number of fused-ring (bicyclic) bond motifs is 1. The van der Waals surface area contributed by atoms with Gasteiger partial charge in [-0.3, -0.25) is 4.79 Å². The molecule has 1 N–H and O–H groups in total. The van der Waals surface area contributed by atoms with E-state index in [1.807, 2.05) is 38.1 Å². The van der Waals surface area contributed by atoms with Crippen molar-refractivity contribution in [2.24, 2.45) is 0 Å². The maximum absolute atomic E-state index is 13.1. The zero-order chi connectivity index (χ0) is 23.5. The molecule has 0 aliphatic rings. The Bertz CT molecular complexity index is 1310. The first-order valence-corrected chi connectivity index (χ1v) is 11.3. The molecule has 4 aromatic rings. The topological polar surface area (TPSA) is 82.0 Å². The van der Waals surface area contributed by atoms with E-state index in [4.69, 9.17) is 37.7 Å². The third-order valence-corrected chi connectivity index (χ3v) is 5.77. The molecule has 0 fully saturated rings.